The summed E-state index contributed by atoms with van der Waals surface area (Å²) < 4.78 is 0. The molecule has 0 atom stereocenters. The molecular weight excluding hydrogens is 264 g/mol. The molecule has 4 heteroatoms. The van der Waals surface area contributed by atoms with Crippen molar-refractivity contribution in [3.8, 4) is 0 Å². The summed E-state index contributed by atoms with van der Waals surface area (Å²) in [5.41, 5.74) is 2.23. The Morgan fingerprint density at radius 2 is 2.14 bits per heavy atom. The van der Waals surface area contributed by atoms with Crippen LogP contribution in [0.2, 0.25) is 0 Å². The topological polar surface area (TPSA) is 65.1 Å². The molecule has 21 heavy (non-hydrogen) atoms. The van der Waals surface area contributed by atoms with Gasteiger partial charge in [-0.1, -0.05) is 19.9 Å². The van der Waals surface area contributed by atoms with Gasteiger partial charge in [0.2, 0.25) is 5.91 Å². The Morgan fingerprint density at radius 3 is 2.90 bits per heavy atom. The van der Waals surface area contributed by atoms with Crippen molar-refractivity contribution in [1.29, 1.82) is 0 Å². The highest BCUT2D eigenvalue weighted by Gasteiger charge is 2.17. The second-order valence-corrected chi connectivity index (χ2v) is 6.31. The summed E-state index contributed by atoms with van der Waals surface area (Å²) in [4.78, 5) is 15.1. The Morgan fingerprint density at radius 1 is 1.33 bits per heavy atom. The lowest BCUT2D eigenvalue weighted by atomic mass is 9.90. The van der Waals surface area contributed by atoms with Crippen molar-refractivity contribution in [1.82, 2.24) is 10.3 Å². The van der Waals surface area contributed by atoms with Gasteiger partial charge in [-0.15, -0.1) is 0 Å². The van der Waals surface area contributed by atoms with Gasteiger partial charge in [-0.05, 0) is 47.4 Å². The second-order valence-electron chi connectivity index (χ2n) is 6.31. The molecule has 4 nitrogen and oxygen atoms in total. The zero-order valence-corrected chi connectivity index (χ0v) is 12.8. The van der Waals surface area contributed by atoms with Gasteiger partial charge in [0.1, 0.15) is 0 Å². The first-order chi connectivity index (χ1) is 10.00. The van der Waals surface area contributed by atoms with Crippen LogP contribution in [0, 0.1) is 5.41 Å². The number of fused-ring (bicyclic) bond motifs is 1. The fraction of sp³-hybridized carbons (Fsp3) is 0.471. The number of hydrogen-bond donors (Lipinski definition) is 3. The summed E-state index contributed by atoms with van der Waals surface area (Å²) in [6, 6.07) is 8.26. The maximum absolute atomic E-state index is 11.9. The number of amides is 1. The number of hydrogen-bond acceptors (Lipinski definition) is 2. The molecule has 1 amide bonds. The third-order valence-electron chi connectivity index (χ3n) is 3.81. The minimum Gasteiger partial charge on any atom is -0.396 e. The number of carbonyl (C=O) groups is 1. The van der Waals surface area contributed by atoms with Crippen LogP contribution >= 0.6 is 0 Å². The number of aliphatic hydroxyl groups excluding tert-OH is 1. The minimum absolute atomic E-state index is 0.0611. The van der Waals surface area contributed by atoms with Crippen LogP contribution in [0.5, 0.6) is 0 Å². The average Bonchev–Trinajstić information content (AvgIpc) is 2.90. The van der Waals surface area contributed by atoms with Crippen LogP contribution < -0.4 is 5.32 Å². The van der Waals surface area contributed by atoms with Crippen molar-refractivity contribution in [2.24, 2.45) is 5.41 Å². The highest BCUT2D eigenvalue weighted by Crippen LogP contribution is 2.18. The number of aromatic nitrogens is 1. The molecule has 3 N–H and O–H groups in total. The van der Waals surface area contributed by atoms with Crippen LogP contribution in [0.3, 0.4) is 0 Å². The Labute approximate surface area is 125 Å². The first-order valence-electron chi connectivity index (χ1n) is 7.44. The molecule has 0 spiro atoms. The molecule has 2 rings (SSSR count). The number of aryl methyl sites for hydroxylation is 1. The molecule has 114 valence electrons. The lowest BCUT2D eigenvalue weighted by Gasteiger charge is -2.23. The van der Waals surface area contributed by atoms with Gasteiger partial charge in [-0.3, -0.25) is 4.79 Å². The predicted molar refractivity (Wildman–Crippen MR) is 85.1 cm³/mol. The zero-order valence-electron chi connectivity index (χ0n) is 12.8. The first kappa shape index (κ1) is 15.6. The third-order valence-corrected chi connectivity index (χ3v) is 3.81. The lowest BCUT2D eigenvalue weighted by molar-refractivity contribution is -0.121. The van der Waals surface area contributed by atoms with E-state index < -0.39 is 0 Å². The number of rotatable bonds is 7. The number of benzene rings is 1. The predicted octanol–water partition coefficient (Wildman–Crippen LogP) is 2.63. The van der Waals surface area contributed by atoms with Gasteiger partial charge in [0.05, 0.1) is 0 Å². The highest BCUT2D eigenvalue weighted by molar-refractivity contribution is 5.80. The molecule has 0 aliphatic carbocycles. The van der Waals surface area contributed by atoms with Crippen LogP contribution in [0.1, 0.15) is 32.3 Å². The monoisotopic (exact) mass is 288 g/mol. The summed E-state index contributed by atoms with van der Waals surface area (Å²) in [5.74, 6) is 0.0650. The van der Waals surface area contributed by atoms with Crippen molar-refractivity contribution in [2.75, 3.05) is 13.2 Å². The van der Waals surface area contributed by atoms with Crippen LogP contribution in [-0.4, -0.2) is 29.1 Å². The van der Waals surface area contributed by atoms with E-state index in [0.717, 1.165) is 11.9 Å². The largest absolute Gasteiger partial charge is 0.396 e. The van der Waals surface area contributed by atoms with E-state index in [1.807, 2.05) is 32.2 Å². The van der Waals surface area contributed by atoms with Gasteiger partial charge in [-0.25, -0.2) is 0 Å². The standard InChI is InChI=1S/C17H24N2O2/c1-17(2,8-10-20)12-19-16(21)6-4-13-3-5-15-14(11-13)7-9-18-15/h3,5,7,9,11,18,20H,4,6,8,10,12H2,1-2H3,(H,19,21). The Kier molecular flexibility index (Phi) is 5.02. The normalized spacial score (nSPS) is 11.8. The van der Waals surface area contributed by atoms with Gasteiger partial charge in [0.25, 0.3) is 0 Å². The SMILES string of the molecule is CC(C)(CCO)CNC(=O)CCc1ccc2[nH]ccc2c1. The first-order valence-corrected chi connectivity index (χ1v) is 7.44. The van der Waals surface area contributed by atoms with Gasteiger partial charge in [0, 0.05) is 31.3 Å². The van der Waals surface area contributed by atoms with E-state index in [1.54, 1.807) is 0 Å². The van der Waals surface area contributed by atoms with E-state index in [4.69, 9.17) is 5.11 Å². The lowest BCUT2D eigenvalue weighted by Crippen LogP contribution is -2.34. The van der Waals surface area contributed by atoms with Crippen molar-refractivity contribution in [3.63, 3.8) is 0 Å². The van der Waals surface area contributed by atoms with Gasteiger partial charge < -0.3 is 15.4 Å². The molecular formula is C17H24N2O2. The van der Waals surface area contributed by atoms with Crippen molar-refractivity contribution in [3.05, 3.63) is 36.0 Å². The van der Waals surface area contributed by atoms with Crippen LogP contribution in [0.25, 0.3) is 10.9 Å². The highest BCUT2D eigenvalue weighted by atomic mass is 16.3. The Hall–Kier alpha value is -1.81. The van der Waals surface area contributed by atoms with Crippen LogP contribution in [0.15, 0.2) is 30.5 Å². The smallest absolute Gasteiger partial charge is 0.220 e. The van der Waals surface area contributed by atoms with E-state index in [9.17, 15) is 4.79 Å². The molecule has 0 unspecified atom stereocenters. The van der Waals surface area contributed by atoms with E-state index in [0.29, 0.717) is 19.4 Å². The molecule has 0 saturated heterocycles. The van der Waals surface area contributed by atoms with Crippen LogP contribution in [0.4, 0.5) is 0 Å². The number of H-pyrrole nitrogens is 1. The summed E-state index contributed by atoms with van der Waals surface area (Å²) in [5, 5.41) is 13.1. The molecule has 1 aromatic heterocycles. The Bertz CT molecular complexity index is 602. The van der Waals surface area contributed by atoms with Gasteiger partial charge in [0.15, 0.2) is 0 Å². The van der Waals surface area contributed by atoms with E-state index in [1.165, 1.54) is 10.9 Å². The van der Waals surface area contributed by atoms with E-state index >= 15 is 0 Å². The minimum atomic E-state index is -0.0611. The molecule has 1 heterocycles. The summed E-state index contributed by atoms with van der Waals surface area (Å²) in [6.07, 6.45) is 3.85. The summed E-state index contributed by atoms with van der Waals surface area (Å²) >= 11 is 0. The molecule has 0 bridgehead atoms. The Balaban J connectivity index is 1.80. The number of aliphatic hydroxyl groups is 1. The van der Waals surface area contributed by atoms with E-state index in [-0.39, 0.29) is 17.9 Å². The van der Waals surface area contributed by atoms with Crippen LogP contribution in [-0.2, 0) is 11.2 Å². The average molecular weight is 288 g/mol. The quantitative estimate of drug-likeness (QED) is 0.733. The molecule has 0 aliphatic heterocycles. The fourth-order valence-electron chi connectivity index (χ4n) is 2.33. The number of nitrogens with one attached hydrogen (secondary N) is 2. The third kappa shape index (κ3) is 4.60. The molecule has 0 fully saturated rings. The zero-order chi connectivity index (χ0) is 15.3. The maximum Gasteiger partial charge on any atom is 0.220 e. The molecule has 0 saturated carbocycles. The maximum atomic E-state index is 11.9. The summed E-state index contributed by atoms with van der Waals surface area (Å²) in [6.45, 7) is 4.84. The molecule has 1 aromatic carbocycles. The number of aromatic amines is 1. The second kappa shape index (κ2) is 6.76. The summed E-state index contributed by atoms with van der Waals surface area (Å²) in [7, 11) is 0. The molecule has 2 aromatic rings. The van der Waals surface area contributed by atoms with Gasteiger partial charge in [-0.2, -0.15) is 0 Å². The molecule has 0 radical (unpaired) electrons. The van der Waals surface area contributed by atoms with Crippen molar-refractivity contribution >= 4 is 16.8 Å². The van der Waals surface area contributed by atoms with Crippen molar-refractivity contribution < 1.29 is 9.90 Å². The molecule has 0 aliphatic rings. The van der Waals surface area contributed by atoms with E-state index in [2.05, 4.69) is 22.4 Å². The van der Waals surface area contributed by atoms with Crippen molar-refractivity contribution in [2.45, 2.75) is 33.1 Å². The fourth-order valence-corrected chi connectivity index (χ4v) is 2.33. The number of carbonyl (C=O) groups excluding carboxylic acids is 1. The van der Waals surface area contributed by atoms with Gasteiger partial charge >= 0.3 is 0 Å².